The Balaban J connectivity index is 1.87. The van der Waals surface area contributed by atoms with Crippen LogP contribution in [0, 0.1) is 19.7 Å². The van der Waals surface area contributed by atoms with Gasteiger partial charge in [0, 0.05) is 23.2 Å². The van der Waals surface area contributed by atoms with Crippen LogP contribution in [0.3, 0.4) is 0 Å². The van der Waals surface area contributed by atoms with Gasteiger partial charge in [-0.05, 0) is 50.6 Å². The van der Waals surface area contributed by atoms with E-state index in [1.807, 2.05) is 0 Å². The van der Waals surface area contributed by atoms with Crippen molar-refractivity contribution in [3.63, 3.8) is 0 Å². The second kappa shape index (κ2) is 8.53. The zero-order chi connectivity index (χ0) is 20.1. The van der Waals surface area contributed by atoms with Crippen LogP contribution in [-0.4, -0.2) is 34.9 Å². The molecule has 0 fully saturated rings. The summed E-state index contributed by atoms with van der Waals surface area (Å²) < 4.78 is 17.8. The first-order valence-electron chi connectivity index (χ1n) is 8.38. The van der Waals surface area contributed by atoms with Crippen LogP contribution in [0.5, 0.6) is 0 Å². The fourth-order valence-corrected chi connectivity index (χ4v) is 2.84. The highest BCUT2D eigenvalue weighted by atomic mass is 19.1. The highest BCUT2D eigenvalue weighted by Crippen LogP contribution is 2.19. The lowest BCUT2D eigenvalue weighted by molar-refractivity contribution is -0.142. The molecular weight excluding hydrogens is 353 g/mol. The number of aryl methyl sites for hydroxylation is 1. The van der Waals surface area contributed by atoms with Crippen molar-refractivity contribution in [1.29, 1.82) is 0 Å². The lowest BCUT2D eigenvalue weighted by Crippen LogP contribution is -2.16. The molecule has 2 rings (SSSR count). The third-order valence-corrected chi connectivity index (χ3v) is 4.16. The Kier molecular flexibility index (Phi) is 6.39. The Morgan fingerprint density at radius 1 is 1.00 bits per heavy atom. The van der Waals surface area contributed by atoms with E-state index in [1.165, 1.54) is 31.2 Å². The van der Waals surface area contributed by atoms with Crippen LogP contribution in [0.2, 0.25) is 0 Å². The molecule has 0 radical (unpaired) electrons. The standard InChI is InChI=1S/C20H20FNO5/c1-11-19(13(3)23)12(2)22-20(11)17(25)10-27-18(26)9-8-16(24)14-4-6-15(21)7-5-14/h4-7,22H,8-10H2,1-3H3. The molecule has 27 heavy (non-hydrogen) atoms. The van der Waals surface area contributed by atoms with Crippen molar-refractivity contribution < 1.29 is 28.3 Å². The third-order valence-electron chi connectivity index (χ3n) is 4.16. The number of aromatic amines is 1. The highest BCUT2D eigenvalue weighted by molar-refractivity contribution is 6.04. The number of hydrogen-bond donors (Lipinski definition) is 1. The van der Waals surface area contributed by atoms with E-state index in [9.17, 15) is 23.6 Å². The number of benzene rings is 1. The molecule has 0 saturated carbocycles. The summed E-state index contributed by atoms with van der Waals surface area (Å²) in [6.45, 7) is 4.27. The summed E-state index contributed by atoms with van der Waals surface area (Å²) in [7, 11) is 0. The van der Waals surface area contributed by atoms with E-state index in [4.69, 9.17) is 4.74 Å². The number of nitrogens with one attached hydrogen (secondary N) is 1. The summed E-state index contributed by atoms with van der Waals surface area (Å²) in [5.41, 5.74) is 2.09. The molecule has 1 N–H and O–H groups in total. The molecule has 142 valence electrons. The van der Waals surface area contributed by atoms with Crippen molar-refractivity contribution in [2.24, 2.45) is 0 Å². The molecule has 0 atom stereocenters. The Bertz CT molecular complexity index is 896. The SMILES string of the molecule is CC(=O)c1c(C)[nH]c(C(=O)COC(=O)CCC(=O)c2ccc(F)cc2)c1C. The fraction of sp³-hybridized carbons (Fsp3) is 0.300. The Hall–Kier alpha value is -3.09. The minimum atomic E-state index is -0.688. The number of ether oxygens (including phenoxy) is 1. The van der Waals surface area contributed by atoms with E-state index in [1.54, 1.807) is 13.8 Å². The monoisotopic (exact) mass is 373 g/mol. The predicted molar refractivity (Wildman–Crippen MR) is 95.5 cm³/mol. The summed E-state index contributed by atoms with van der Waals surface area (Å²) in [5.74, 6) is -2.07. The van der Waals surface area contributed by atoms with E-state index >= 15 is 0 Å². The average molecular weight is 373 g/mol. The van der Waals surface area contributed by atoms with E-state index in [2.05, 4.69) is 4.98 Å². The lowest BCUT2D eigenvalue weighted by atomic mass is 10.1. The zero-order valence-electron chi connectivity index (χ0n) is 15.3. The molecule has 0 saturated heterocycles. The molecule has 0 aliphatic heterocycles. The average Bonchev–Trinajstić information content (AvgIpc) is 2.92. The number of hydrogen-bond acceptors (Lipinski definition) is 5. The molecule has 0 spiro atoms. The maximum atomic E-state index is 12.8. The molecule has 0 bridgehead atoms. The van der Waals surface area contributed by atoms with Crippen molar-refractivity contribution in [3.05, 3.63) is 58.2 Å². The van der Waals surface area contributed by atoms with Crippen molar-refractivity contribution in [2.75, 3.05) is 6.61 Å². The molecule has 0 amide bonds. The number of carbonyl (C=O) groups is 4. The highest BCUT2D eigenvalue weighted by Gasteiger charge is 2.21. The van der Waals surface area contributed by atoms with Gasteiger partial charge in [0.15, 0.2) is 18.2 Å². The summed E-state index contributed by atoms with van der Waals surface area (Å²) in [5, 5.41) is 0. The summed E-state index contributed by atoms with van der Waals surface area (Å²) in [6, 6.07) is 5.02. The van der Waals surface area contributed by atoms with Crippen molar-refractivity contribution in [3.8, 4) is 0 Å². The first kappa shape index (κ1) is 20.2. The number of Topliss-reactive ketones (excluding diaryl/α,β-unsaturated/α-hetero) is 3. The van der Waals surface area contributed by atoms with Gasteiger partial charge in [-0.15, -0.1) is 0 Å². The summed E-state index contributed by atoms with van der Waals surface area (Å²) in [6.07, 6.45) is -0.293. The van der Waals surface area contributed by atoms with Crippen molar-refractivity contribution >= 4 is 23.3 Å². The molecule has 0 aliphatic rings. The van der Waals surface area contributed by atoms with Gasteiger partial charge in [0.2, 0.25) is 5.78 Å². The molecule has 6 nitrogen and oxygen atoms in total. The van der Waals surface area contributed by atoms with Gasteiger partial charge >= 0.3 is 5.97 Å². The number of esters is 1. The molecular formula is C20H20FNO5. The maximum Gasteiger partial charge on any atom is 0.306 e. The van der Waals surface area contributed by atoms with E-state index in [0.29, 0.717) is 22.4 Å². The second-order valence-corrected chi connectivity index (χ2v) is 6.20. The topological polar surface area (TPSA) is 93.3 Å². The van der Waals surface area contributed by atoms with E-state index in [-0.39, 0.29) is 30.1 Å². The molecule has 2 aromatic rings. The molecule has 1 aromatic heterocycles. The minimum Gasteiger partial charge on any atom is -0.457 e. The molecule has 1 heterocycles. The molecule has 0 aliphatic carbocycles. The Labute approximate surface area is 155 Å². The van der Waals surface area contributed by atoms with Crippen LogP contribution in [0.4, 0.5) is 4.39 Å². The van der Waals surface area contributed by atoms with Crippen molar-refractivity contribution in [1.82, 2.24) is 4.98 Å². The molecule has 1 aromatic carbocycles. The maximum absolute atomic E-state index is 12.8. The molecule has 7 heteroatoms. The smallest absolute Gasteiger partial charge is 0.306 e. The van der Waals surface area contributed by atoms with Crippen molar-refractivity contribution in [2.45, 2.75) is 33.6 Å². The second-order valence-electron chi connectivity index (χ2n) is 6.20. The van der Waals surface area contributed by atoms with E-state index < -0.39 is 24.2 Å². The quantitative estimate of drug-likeness (QED) is 0.566. The van der Waals surface area contributed by atoms with Gasteiger partial charge in [-0.2, -0.15) is 0 Å². The molecule has 0 unspecified atom stereocenters. The van der Waals surface area contributed by atoms with Gasteiger partial charge in [-0.25, -0.2) is 4.39 Å². The van der Waals surface area contributed by atoms with Gasteiger partial charge in [-0.3, -0.25) is 19.2 Å². The van der Waals surface area contributed by atoms with E-state index in [0.717, 1.165) is 0 Å². The number of ketones is 3. The number of halogens is 1. The van der Waals surface area contributed by atoms with Crippen LogP contribution < -0.4 is 0 Å². The number of aromatic nitrogens is 1. The van der Waals surface area contributed by atoms with Crippen LogP contribution in [0.15, 0.2) is 24.3 Å². The van der Waals surface area contributed by atoms with Crippen LogP contribution in [0.1, 0.15) is 62.2 Å². The largest absolute Gasteiger partial charge is 0.457 e. The minimum absolute atomic E-state index is 0.103. The predicted octanol–water partition coefficient (Wildman–Crippen LogP) is 3.36. The first-order chi connectivity index (χ1) is 12.7. The van der Waals surface area contributed by atoms with Gasteiger partial charge in [0.1, 0.15) is 5.82 Å². The van der Waals surface area contributed by atoms with Crippen LogP contribution >= 0.6 is 0 Å². The number of carbonyl (C=O) groups excluding carboxylic acids is 4. The summed E-state index contributed by atoms with van der Waals surface area (Å²) >= 11 is 0. The normalized spacial score (nSPS) is 10.5. The van der Waals surface area contributed by atoms with Gasteiger partial charge in [-0.1, -0.05) is 0 Å². The van der Waals surface area contributed by atoms with Gasteiger partial charge in [0.25, 0.3) is 0 Å². The number of rotatable bonds is 8. The zero-order valence-corrected chi connectivity index (χ0v) is 15.3. The van der Waals surface area contributed by atoms with Crippen LogP contribution in [0.25, 0.3) is 0 Å². The van der Waals surface area contributed by atoms with Gasteiger partial charge in [0.05, 0.1) is 12.1 Å². The lowest BCUT2D eigenvalue weighted by Gasteiger charge is -2.05. The summed E-state index contributed by atoms with van der Waals surface area (Å²) in [4.78, 5) is 50.4. The number of H-pyrrole nitrogens is 1. The van der Waals surface area contributed by atoms with Gasteiger partial charge < -0.3 is 9.72 Å². The fourth-order valence-electron chi connectivity index (χ4n) is 2.84. The van der Waals surface area contributed by atoms with Crippen LogP contribution in [-0.2, 0) is 9.53 Å². The Morgan fingerprint density at radius 3 is 2.19 bits per heavy atom. The first-order valence-corrected chi connectivity index (χ1v) is 8.38. The third kappa shape index (κ3) is 4.97. The Morgan fingerprint density at radius 2 is 1.63 bits per heavy atom.